The van der Waals surface area contributed by atoms with E-state index in [1.165, 1.54) is 13.2 Å². The van der Waals surface area contributed by atoms with E-state index in [2.05, 4.69) is 10.1 Å². The van der Waals surface area contributed by atoms with E-state index < -0.39 is 0 Å². The van der Waals surface area contributed by atoms with Crippen LogP contribution in [-0.2, 0) is 9.53 Å². The molecule has 1 N–H and O–H groups in total. The van der Waals surface area contributed by atoms with E-state index in [1.54, 1.807) is 12.1 Å². The largest absolute Gasteiger partial charge is 0.469 e. The summed E-state index contributed by atoms with van der Waals surface area (Å²) in [5.74, 6) is -0.651. The van der Waals surface area contributed by atoms with Crippen LogP contribution in [0.25, 0.3) is 0 Å². The molecule has 17 heavy (non-hydrogen) atoms. The number of nitrogens with one attached hydrogen (secondary N) is 1. The number of carbonyl (C=O) groups is 1. The fraction of sp³-hybridized carbons (Fsp3) is 0.462. The van der Waals surface area contributed by atoms with Gasteiger partial charge in [-0.15, -0.1) is 0 Å². The van der Waals surface area contributed by atoms with Crippen molar-refractivity contribution in [3.63, 3.8) is 0 Å². The topological polar surface area (TPSA) is 38.3 Å². The number of rotatable bonds is 5. The monoisotopic (exact) mass is 239 g/mol. The van der Waals surface area contributed by atoms with Crippen molar-refractivity contribution in [3.8, 4) is 0 Å². The van der Waals surface area contributed by atoms with Crippen LogP contribution in [-0.4, -0.2) is 19.6 Å². The third-order valence-corrected chi connectivity index (χ3v) is 2.58. The number of hydrogen-bond donors (Lipinski definition) is 1. The van der Waals surface area contributed by atoms with Crippen molar-refractivity contribution in [3.05, 3.63) is 35.1 Å². The second kappa shape index (κ2) is 6.35. The highest BCUT2D eigenvalue weighted by Gasteiger charge is 2.18. The maximum atomic E-state index is 13.7. The average molecular weight is 239 g/mol. The lowest BCUT2D eigenvalue weighted by atomic mass is 10.0. The second-order valence-corrected chi connectivity index (χ2v) is 3.92. The van der Waals surface area contributed by atoms with Gasteiger partial charge in [0.2, 0.25) is 0 Å². The van der Waals surface area contributed by atoms with Crippen LogP contribution in [0.5, 0.6) is 0 Å². The van der Waals surface area contributed by atoms with Crippen LogP contribution in [0.1, 0.15) is 30.5 Å². The third-order valence-electron chi connectivity index (χ3n) is 2.58. The van der Waals surface area contributed by atoms with E-state index in [0.717, 1.165) is 5.56 Å². The summed E-state index contributed by atoms with van der Waals surface area (Å²) in [6.07, 6.45) is 0.130. The van der Waals surface area contributed by atoms with Crippen LogP contribution in [0, 0.1) is 12.7 Å². The first-order valence-electron chi connectivity index (χ1n) is 5.64. The smallest absolute Gasteiger partial charge is 0.307 e. The summed E-state index contributed by atoms with van der Waals surface area (Å²) in [6, 6.07) is 4.55. The lowest BCUT2D eigenvalue weighted by Gasteiger charge is -2.18. The molecule has 0 radical (unpaired) electrons. The Labute approximate surface area is 101 Å². The zero-order valence-electron chi connectivity index (χ0n) is 10.4. The number of methoxy groups -OCH3 is 1. The molecule has 0 fully saturated rings. The minimum Gasteiger partial charge on any atom is -0.469 e. The number of ether oxygens (including phenoxy) is 1. The summed E-state index contributed by atoms with van der Waals surface area (Å²) < 4.78 is 18.3. The van der Waals surface area contributed by atoms with E-state index in [0.29, 0.717) is 12.1 Å². The standard InChI is InChI=1S/C13H18FNO2/c1-4-15-12(8-13(16)17-3)10-7-9(2)5-6-11(10)14/h5-7,12,15H,4,8H2,1-3H3. The predicted octanol–water partition coefficient (Wildman–Crippen LogP) is 2.35. The summed E-state index contributed by atoms with van der Waals surface area (Å²) in [4.78, 5) is 11.3. The van der Waals surface area contributed by atoms with Crippen LogP contribution < -0.4 is 5.32 Å². The van der Waals surface area contributed by atoms with Gasteiger partial charge in [0.1, 0.15) is 5.82 Å². The molecular formula is C13H18FNO2. The number of halogens is 1. The van der Waals surface area contributed by atoms with E-state index in [4.69, 9.17) is 0 Å². The zero-order valence-corrected chi connectivity index (χ0v) is 10.4. The molecule has 0 aliphatic carbocycles. The molecule has 0 aromatic heterocycles. The first-order valence-corrected chi connectivity index (χ1v) is 5.64. The van der Waals surface area contributed by atoms with E-state index in [1.807, 2.05) is 13.8 Å². The molecule has 1 aromatic carbocycles. The van der Waals surface area contributed by atoms with Gasteiger partial charge in [0.15, 0.2) is 0 Å². The molecule has 94 valence electrons. The number of hydrogen-bond acceptors (Lipinski definition) is 3. The van der Waals surface area contributed by atoms with Gasteiger partial charge >= 0.3 is 5.97 Å². The minimum absolute atomic E-state index is 0.130. The van der Waals surface area contributed by atoms with Crippen LogP contribution in [0.2, 0.25) is 0 Å². The summed E-state index contributed by atoms with van der Waals surface area (Å²) in [5.41, 5.74) is 1.48. The first kappa shape index (κ1) is 13.6. The van der Waals surface area contributed by atoms with Gasteiger partial charge in [-0.2, -0.15) is 0 Å². The van der Waals surface area contributed by atoms with Crippen molar-refractivity contribution >= 4 is 5.97 Å². The molecule has 0 saturated heterocycles. The molecule has 0 aliphatic rings. The maximum Gasteiger partial charge on any atom is 0.307 e. The Morgan fingerprint density at radius 1 is 1.53 bits per heavy atom. The highest BCUT2D eigenvalue weighted by Crippen LogP contribution is 2.21. The lowest BCUT2D eigenvalue weighted by Crippen LogP contribution is -2.25. The summed E-state index contributed by atoms with van der Waals surface area (Å²) in [6.45, 7) is 4.47. The fourth-order valence-electron chi connectivity index (χ4n) is 1.72. The number of carbonyl (C=O) groups excluding carboxylic acids is 1. The van der Waals surface area contributed by atoms with E-state index in [9.17, 15) is 9.18 Å². The Kier molecular flexibility index (Phi) is 5.10. The molecule has 1 unspecified atom stereocenters. The van der Waals surface area contributed by atoms with Crippen LogP contribution in [0.3, 0.4) is 0 Å². The molecule has 1 aromatic rings. The van der Waals surface area contributed by atoms with Gasteiger partial charge in [-0.05, 0) is 19.5 Å². The molecule has 0 amide bonds. The summed E-state index contributed by atoms with van der Waals surface area (Å²) in [5, 5.41) is 3.09. The Hall–Kier alpha value is -1.42. The minimum atomic E-state index is -0.350. The number of benzene rings is 1. The molecule has 3 nitrogen and oxygen atoms in total. The molecule has 1 atom stereocenters. The highest BCUT2D eigenvalue weighted by molar-refractivity contribution is 5.70. The summed E-state index contributed by atoms with van der Waals surface area (Å²) in [7, 11) is 1.33. The quantitative estimate of drug-likeness (QED) is 0.801. The Balaban J connectivity index is 2.95. The number of esters is 1. The van der Waals surface area contributed by atoms with Crippen molar-refractivity contribution < 1.29 is 13.9 Å². The van der Waals surface area contributed by atoms with Crippen molar-refractivity contribution in [1.82, 2.24) is 5.32 Å². The molecule has 0 aliphatic heterocycles. The predicted molar refractivity (Wildman–Crippen MR) is 64.2 cm³/mol. The van der Waals surface area contributed by atoms with Crippen molar-refractivity contribution in [2.24, 2.45) is 0 Å². The van der Waals surface area contributed by atoms with Gasteiger partial charge in [0.05, 0.1) is 13.5 Å². The van der Waals surface area contributed by atoms with Gasteiger partial charge < -0.3 is 10.1 Å². The third kappa shape index (κ3) is 3.82. The number of aryl methyl sites for hydroxylation is 1. The van der Waals surface area contributed by atoms with Gasteiger partial charge in [-0.25, -0.2) is 4.39 Å². The molecule has 1 rings (SSSR count). The Bertz CT molecular complexity index is 393. The molecule has 4 heteroatoms. The molecule has 0 bridgehead atoms. The SMILES string of the molecule is CCNC(CC(=O)OC)c1cc(C)ccc1F. The van der Waals surface area contributed by atoms with Crippen molar-refractivity contribution in [1.29, 1.82) is 0 Å². The first-order chi connectivity index (χ1) is 8.08. The van der Waals surface area contributed by atoms with Crippen molar-refractivity contribution in [2.75, 3.05) is 13.7 Å². The van der Waals surface area contributed by atoms with Crippen LogP contribution >= 0.6 is 0 Å². The molecule has 0 heterocycles. The molecule has 0 saturated carbocycles. The van der Waals surface area contributed by atoms with E-state index in [-0.39, 0.29) is 24.2 Å². The van der Waals surface area contributed by atoms with Gasteiger partial charge in [-0.1, -0.05) is 24.6 Å². The summed E-state index contributed by atoms with van der Waals surface area (Å²) >= 11 is 0. The van der Waals surface area contributed by atoms with Gasteiger partial charge in [0.25, 0.3) is 0 Å². The van der Waals surface area contributed by atoms with Gasteiger partial charge in [-0.3, -0.25) is 4.79 Å². The maximum absolute atomic E-state index is 13.7. The fourth-order valence-corrected chi connectivity index (χ4v) is 1.72. The zero-order chi connectivity index (χ0) is 12.8. The van der Waals surface area contributed by atoms with Gasteiger partial charge in [0, 0.05) is 11.6 Å². The average Bonchev–Trinajstić information content (AvgIpc) is 2.31. The van der Waals surface area contributed by atoms with E-state index >= 15 is 0 Å². The molecular weight excluding hydrogens is 221 g/mol. The van der Waals surface area contributed by atoms with Crippen LogP contribution in [0.15, 0.2) is 18.2 Å². The Morgan fingerprint density at radius 3 is 2.82 bits per heavy atom. The molecule has 0 spiro atoms. The van der Waals surface area contributed by atoms with Crippen LogP contribution in [0.4, 0.5) is 4.39 Å². The second-order valence-electron chi connectivity index (χ2n) is 3.92. The van der Waals surface area contributed by atoms with Crippen molar-refractivity contribution in [2.45, 2.75) is 26.3 Å². The lowest BCUT2D eigenvalue weighted by molar-refractivity contribution is -0.141. The highest BCUT2D eigenvalue weighted by atomic mass is 19.1. The Morgan fingerprint density at radius 2 is 2.24 bits per heavy atom. The normalized spacial score (nSPS) is 12.2.